The minimum atomic E-state index is -3.21. The summed E-state index contributed by atoms with van der Waals surface area (Å²) in [5.41, 5.74) is 4.58. The minimum absolute atomic E-state index is 0.389. The molecule has 0 bridgehead atoms. The molecule has 0 aliphatic carbocycles. The van der Waals surface area contributed by atoms with Crippen LogP contribution >= 0.6 is 0 Å². The second-order valence-corrected chi connectivity index (χ2v) is 10.3. The van der Waals surface area contributed by atoms with E-state index < -0.39 is 10.0 Å². The highest BCUT2D eigenvalue weighted by Gasteiger charge is 2.30. The first-order valence-corrected chi connectivity index (χ1v) is 11.3. The van der Waals surface area contributed by atoms with Crippen molar-refractivity contribution in [2.24, 2.45) is 0 Å². The van der Waals surface area contributed by atoms with Gasteiger partial charge in [-0.05, 0) is 40.2 Å². The van der Waals surface area contributed by atoms with E-state index in [9.17, 15) is 8.42 Å². The molecule has 2 heterocycles. The van der Waals surface area contributed by atoms with Gasteiger partial charge in [0.05, 0.1) is 5.25 Å². The highest BCUT2D eigenvalue weighted by Crippen LogP contribution is 2.26. The van der Waals surface area contributed by atoms with Crippen LogP contribution in [0.15, 0.2) is 24.3 Å². The molecule has 28 heavy (non-hydrogen) atoms. The highest BCUT2D eigenvalue weighted by molar-refractivity contribution is 7.89. The molecule has 152 valence electrons. The van der Waals surface area contributed by atoms with Gasteiger partial charge in [0.2, 0.25) is 10.0 Å². The fourth-order valence-corrected chi connectivity index (χ4v) is 4.93. The fraction of sp³-hybridized carbons (Fsp3) is 0.524. The smallest absolute Gasteiger partial charge is 0.216 e. The highest BCUT2D eigenvalue weighted by atomic mass is 32.2. The van der Waals surface area contributed by atoms with Crippen molar-refractivity contribution >= 4 is 15.8 Å². The molecule has 1 aliphatic rings. The molecule has 0 amide bonds. The van der Waals surface area contributed by atoms with Gasteiger partial charge >= 0.3 is 0 Å². The van der Waals surface area contributed by atoms with Crippen molar-refractivity contribution in [1.29, 1.82) is 0 Å². The van der Waals surface area contributed by atoms with Crippen LogP contribution in [-0.4, -0.2) is 54.1 Å². The third-order valence-corrected chi connectivity index (χ3v) is 7.54. The summed E-state index contributed by atoms with van der Waals surface area (Å²) in [7, 11) is -3.21. The maximum absolute atomic E-state index is 12.5. The van der Waals surface area contributed by atoms with Crippen molar-refractivity contribution in [3.05, 3.63) is 52.5 Å². The van der Waals surface area contributed by atoms with Crippen molar-refractivity contribution in [2.75, 3.05) is 31.1 Å². The largest absolute Gasteiger partial charge is 0.354 e. The Morgan fingerprint density at radius 2 is 1.71 bits per heavy atom. The van der Waals surface area contributed by atoms with E-state index in [2.05, 4.69) is 41.1 Å². The number of hydrogen-bond acceptors (Lipinski definition) is 5. The maximum atomic E-state index is 12.5. The first-order chi connectivity index (χ1) is 13.2. The normalized spacial score (nSPS) is 16.0. The van der Waals surface area contributed by atoms with E-state index in [-0.39, 0.29) is 5.25 Å². The van der Waals surface area contributed by atoms with Crippen molar-refractivity contribution in [3.63, 3.8) is 0 Å². The Kier molecular flexibility index (Phi) is 6.05. The van der Waals surface area contributed by atoms with E-state index in [4.69, 9.17) is 4.98 Å². The number of hydrogen-bond donors (Lipinski definition) is 0. The molecule has 6 nitrogen and oxygen atoms in total. The van der Waals surface area contributed by atoms with Crippen LogP contribution in [0.1, 0.15) is 42.1 Å². The molecule has 0 spiro atoms. The molecule has 1 aliphatic heterocycles. The zero-order chi connectivity index (χ0) is 20.5. The quantitative estimate of drug-likeness (QED) is 0.769. The third-order valence-electron chi connectivity index (χ3n) is 5.26. The van der Waals surface area contributed by atoms with E-state index in [1.54, 1.807) is 18.2 Å². The van der Waals surface area contributed by atoms with Gasteiger partial charge in [-0.3, -0.25) is 0 Å². The number of sulfonamides is 1. The van der Waals surface area contributed by atoms with Crippen LogP contribution in [0.4, 0.5) is 5.82 Å². The number of anilines is 1. The van der Waals surface area contributed by atoms with E-state index in [1.165, 1.54) is 11.1 Å². The lowest BCUT2D eigenvalue weighted by molar-refractivity contribution is 0.379. The number of rotatable bonds is 5. The minimum Gasteiger partial charge on any atom is -0.354 e. The number of piperazine rings is 1. The topological polar surface area (TPSA) is 66.4 Å². The summed E-state index contributed by atoms with van der Waals surface area (Å²) in [6.07, 6.45) is 0.771. The molecular weight excluding hydrogens is 372 g/mol. The Hall–Kier alpha value is -1.99. The summed E-state index contributed by atoms with van der Waals surface area (Å²) in [5, 5.41) is -0.389. The molecule has 0 N–H and O–H groups in total. The van der Waals surface area contributed by atoms with E-state index in [0.29, 0.717) is 26.2 Å². The average Bonchev–Trinajstić information content (AvgIpc) is 2.64. The lowest BCUT2D eigenvalue weighted by Gasteiger charge is -2.36. The van der Waals surface area contributed by atoms with Crippen molar-refractivity contribution in [1.82, 2.24) is 14.3 Å². The molecule has 1 fully saturated rings. The monoisotopic (exact) mass is 402 g/mol. The van der Waals surface area contributed by atoms with Gasteiger partial charge in [-0.2, -0.15) is 4.31 Å². The van der Waals surface area contributed by atoms with Crippen LogP contribution in [0, 0.1) is 20.8 Å². The maximum Gasteiger partial charge on any atom is 0.216 e. The lowest BCUT2D eigenvalue weighted by atomic mass is 10.0. The Morgan fingerprint density at radius 3 is 2.32 bits per heavy atom. The second kappa shape index (κ2) is 8.17. The molecule has 0 unspecified atom stereocenters. The Bertz CT molecular complexity index is 949. The van der Waals surface area contributed by atoms with Crippen LogP contribution in [0.2, 0.25) is 0 Å². The third kappa shape index (κ3) is 4.36. The van der Waals surface area contributed by atoms with Crippen LogP contribution in [0.5, 0.6) is 0 Å². The molecule has 1 saturated heterocycles. The van der Waals surface area contributed by atoms with Gasteiger partial charge in [0, 0.05) is 43.9 Å². The van der Waals surface area contributed by atoms with Gasteiger partial charge in [0.1, 0.15) is 11.6 Å². The van der Waals surface area contributed by atoms with Crippen LogP contribution in [0.25, 0.3) is 0 Å². The van der Waals surface area contributed by atoms with Crippen LogP contribution in [-0.2, 0) is 16.4 Å². The van der Waals surface area contributed by atoms with Gasteiger partial charge < -0.3 is 4.90 Å². The molecule has 1 aromatic carbocycles. The SMILES string of the molecule is Cc1cccc(Cc2c(C)nc(C)nc2N2CCN(S(=O)(=O)C(C)C)CC2)c1. The summed E-state index contributed by atoms with van der Waals surface area (Å²) >= 11 is 0. The predicted molar refractivity (Wildman–Crippen MR) is 113 cm³/mol. The standard InChI is InChI=1S/C21H30N4O2S/c1-15(2)28(26,27)25-11-9-24(10-12-25)21-20(17(4)22-18(5)23-21)14-19-8-6-7-16(3)13-19/h6-8,13,15H,9-12,14H2,1-5H3. The first kappa shape index (κ1) is 20.7. The number of aromatic nitrogens is 2. The van der Waals surface area contributed by atoms with Crippen molar-refractivity contribution in [3.8, 4) is 0 Å². The zero-order valence-corrected chi connectivity index (χ0v) is 18.3. The van der Waals surface area contributed by atoms with Gasteiger partial charge in [-0.25, -0.2) is 18.4 Å². The molecule has 3 rings (SSSR count). The van der Waals surface area contributed by atoms with Crippen molar-refractivity contribution < 1.29 is 8.42 Å². The molecule has 1 aromatic heterocycles. The van der Waals surface area contributed by atoms with Gasteiger partial charge in [0.25, 0.3) is 0 Å². The first-order valence-electron chi connectivity index (χ1n) is 9.82. The van der Waals surface area contributed by atoms with Crippen LogP contribution < -0.4 is 4.90 Å². The molecule has 2 aromatic rings. The van der Waals surface area contributed by atoms with Gasteiger partial charge in [-0.1, -0.05) is 29.8 Å². The zero-order valence-electron chi connectivity index (χ0n) is 17.4. The summed E-state index contributed by atoms with van der Waals surface area (Å²) in [6, 6.07) is 8.49. The van der Waals surface area contributed by atoms with E-state index >= 15 is 0 Å². The Labute approximate surface area is 168 Å². The fourth-order valence-electron chi connectivity index (χ4n) is 3.67. The summed E-state index contributed by atoms with van der Waals surface area (Å²) in [6.45, 7) is 11.8. The second-order valence-electron chi connectivity index (χ2n) is 7.80. The molecule has 0 saturated carbocycles. The van der Waals surface area contributed by atoms with E-state index in [1.807, 2.05) is 13.8 Å². The molecule has 0 radical (unpaired) electrons. The molecular formula is C21H30N4O2S. The molecule has 0 atom stereocenters. The predicted octanol–water partition coefficient (Wildman–Crippen LogP) is 2.85. The Balaban J connectivity index is 1.86. The number of nitrogens with zero attached hydrogens (tertiary/aromatic N) is 4. The van der Waals surface area contributed by atoms with E-state index in [0.717, 1.165) is 29.3 Å². The van der Waals surface area contributed by atoms with Crippen LogP contribution in [0.3, 0.4) is 0 Å². The lowest BCUT2D eigenvalue weighted by Crippen LogP contribution is -2.51. The average molecular weight is 403 g/mol. The summed E-state index contributed by atoms with van der Waals surface area (Å²) in [4.78, 5) is 11.5. The van der Waals surface area contributed by atoms with Gasteiger partial charge in [0.15, 0.2) is 0 Å². The summed E-state index contributed by atoms with van der Waals surface area (Å²) < 4.78 is 26.5. The number of benzene rings is 1. The number of aryl methyl sites for hydroxylation is 3. The molecule has 7 heteroatoms. The van der Waals surface area contributed by atoms with Gasteiger partial charge in [-0.15, -0.1) is 0 Å². The summed E-state index contributed by atoms with van der Waals surface area (Å²) in [5.74, 6) is 1.69. The Morgan fingerprint density at radius 1 is 1.04 bits per heavy atom. The van der Waals surface area contributed by atoms with Crippen molar-refractivity contribution in [2.45, 2.75) is 46.3 Å².